The van der Waals surface area contributed by atoms with Crippen molar-refractivity contribution in [3.8, 4) is 0 Å². The van der Waals surface area contributed by atoms with Crippen molar-refractivity contribution in [1.29, 1.82) is 0 Å². The van der Waals surface area contributed by atoms with Crippen LogP contribution in [-0.4, -0.2) is 6.18 Å². The van der Waals surface area contributed by atoms with Crippen molar-refractivity contribution in [2.75, 3.05) is 0 Å². The van der Waals surface area contributed by atoms with Gasteiger partial charge in [-0.2, -0.15) is 13.2 Å². The summed E-state index contributed by atoms with van der Waals surface area (Å²) in [5.74, 6) is 0. The summed E-state index contributed by atoms with van der Waals surface area (Å²) in [6.45, 7) is 2.01. The minimum absolute atomic E-state index is 0.246. The summed E-state index contributed by atoms with van der Waals surface area (Å²) in [6.07, 6.45) is -3.09. The van der Waals surface area contributed by atoms with E-state index in [9.17, 15) is 13.2 Å². The largest absolute Gasteiger partial charge is 0.410 e. The Labute approximate surface area is 91.2 Å². The first-order chi connectivity index (χ1) is 7.01. The first-order valence-electron chi connectivity index (χ1n) is 4.51. The fourth-order valence-corrected chi connectivity index (χ4v) is 1.78. The molecule has 15 heavy (non-hydrogen) atoms. The minimum atomic E-state index is -4.23. The number of alkyl halides is 3. The lowest BCUT2D eigenvalue weighted by Crippen LogP contribution is -1.99. The van der Waals surface area contributed by atoms with Crippen molar-refractivity contribution in [2.24, 2.45) is 0 Å². The maximum atomic E-state index is 11.8. The Hall–Kier alpha value is -0.900. The molecule has 0 saturated carbocycles. The fraction of sp³-hybridized carbons (Fsp3) is 0.273. The highest BCUT2D eigenvalue weighted by Gasteiger charge is 2.21. The Morgan fingerprint density at radius 1 is 1.33 bits per heavy atom. The van der Waals surface area contributed by atoms with Gasteiger partial charge in [-0.3, -0.25) is 0 Å². The highest BCUT2D eigenvalue weighted by molar-refractivity contribution is 8.02. The number of aryl methyl sites for hydroxylation is 1. The number of benzene rings is 1. The molecule has 0 nitrogen and oxygen atoms in total. The molecule has 0 aromatic heterocycles. The molecule has 4 heteroatoms. The summed E-state index contributed by atoms with van der Waals surface area (Å²) in [7, 11) is 0. The Morgan fingerprint density at radius 2 is 2.07 bits per heavy atom. The van der Waals surface area contributed by atoms with Crippen LogP contribution in [0, 0.1) is 0 Å². The molecular formula is C11H11F3S. The number of allylic oxidation sites excluding steroid dienone is 1. The number of hydrogen-bond donors (Lipinski definition) is 0. The van der Waals surface area contributed by atoms with Crippen molar-refractivity contribution >= 4 is 11.8 Å². The zero-order valence-corrected chi connectivity index (χ0v) is 9.03. The lowest BCUT2D eigenvalue weighted by Gasteiger charge is -2.00. The number of hydrogen-bond acceptors (Lipinski definition) is 1. The van der Waals surface area contributed by atoms with E-state index in [1.807, 2.05) is 25.1 Å². The molecule has 1 aromatic rings. The van der Waals surface area contributed by atoms with Gasteiger partial charge in [0.15, 0.2) is 0 Å². The Bertz CT molecular complexity index is 342. The normalized spacial score (nSPS) is 12.3. The SMILES string of the molecule is CCc1cccc(S/C=C/C(F)(F)F)c1. The molecule has 0 fully saturated rings. The van der Waals surface area contributed by atoms with E-state index in [1.165, 1.54) is 0 Å². The maximum absolute atomic E-state index is 11.8. The molecule has 0 heterocycles. The van der Waals surface area contributed by atoms with Crippen LogP contribution in [0.5, 0.6) is 0 Å². The predicted octanol–water partition coefficient (Wildman–Crippen LogP) is 4.42. The van der Waals surface area contributed by atoms with Gasteiger partial charge < -0.3 is 0 Å². The van der Waals surface area contributed by atoms with Gasteiger partial charge in [-0.1, -0.05) is 30.8 Å². The molecular weight excluding hydrogens is 221 g/mol. The van der Waals surface area contributed by atoms with Gasteiger partial charge in [-0.05, 0) is 29.5 Å². The van der Waals surface area contributed by atoms with Crippen LogP contribution >= 0.6 is 11.8 Å². The van der Waals surface area contributed by atoms with Crippen LogP contribution < -0.4 is 0 Å². The van der Waals surface area contributed by atoms with Crippen LogP contribution in [0.3, 0.4) is 0 Å². The molecule has 0 amide bonds. The van der Waals surface area contributed by atoms with Gasteiger partial charge in [0.1, 0.15) is 0 Å². The van der Waals surface area contributed by atoms with E-state index < -0.39 is 6.18 Å². The van der Waals surface area contributed by atoms with Crippen molar-refractivity contribution in [3.63, 3.8) is 0 Å². The summed E-state index contributed by atoms with van der Waals surface area (Å²) < 4.78 is 35.4. The van der Waals surface area contributed by atoms with E-state index in [0.29, 0.717) is 0 Å². The van der Waals surface area contributed by atoms with Gasteiger partial charge >= 0.3 is 6.18 Å². The van der Waals surface area contributed by atoms with E-state index in [1.54, 1.807) is 6.07 Å². The molecule has 0 spiro atoms. The second kappa shape index (κ2) is 5.26. The quantitative estimate of drug-likeness (QED) is 0.695. The Balaban J connectivity index is 2.61. The van der Waals surface area contributed by atoms with Crippen molar-refractivity contribution < 1.29 is 13.2 Å². The van der Waals surface area contributed by atoms with E-state index in [-0.39, 0.29) is 6.08 Å². The Kier molecular flexibility index (Phi) is 4.27. The second-order valence-electron chi connectivity index (χ2n) is 2.96. The molecule has 0 unspecified atom stereocenters. The molecule has 0 N–H and O–H groups in total. The smallest absolute Gasteiger partial charge is 0.167 e. The highest BCUT2D eigenvalue weighted by Crippen LogP contribution is 2.24. The van der Waals surface area contributed by atoms with Crippen molar-refractivity contribution in [1.82, 2.24) is 0 Å². The maximum Gasteiger partial charge on any atom is 0.410 e. The second-order valence-corrected chi connectivity index (χ2v) is 3.94. The monoisotopic (exact) mass is 232 g/mol. The zero-order chi connectivity index (χ0) is 11.3. The van der Waals surface area contributed by atoms with Gasteiger partial charge in [0, 0.05) is 11.0 Å². The van der Waals surface area contributed by atoms with Gasteiger partial charge in [0.05, 0.1) is 0 Å². The molecule has 0 radical (unpaired) electrons. The predicted molar refractivity (Wildman–Crippen MR) is 56.9 cm³/mol. The summed E-state index contributed by atoms with van der Waals surface area (Å²) >= 11 is 1.08. The van der Waals surface area contributed by atoms with E-state index in [4.69, 9.17) is 0 Å². The molecule has 0 saturated heterocycles. The molecule has 1 aromatic carbocycles. The highest BCUT2D eigenvalue weighted by atomic mass is 32.2. The van der Waals surface area contributed by atoms with Gasteiger partial charge in [0.25, 0.3) is 0 Å². The molecule has 0 atom stereocenters. The number of rotatable bonds is 3. The summed E-state index contributed by atoms with van der Waals surface area (Å²) in [4.78, 5) is 0.829. The molecule has 0 aliphatic rings. The van der Waals surface area contributed by atoms with Gasteiger partial charge in [-0.25, -0.2) is 0 Å². The molecule has 0 bridgehead atoms. The summed E-state index contributed by atoms with van der Waals surface area (Å²) in [6, 6.07) is 7.50. The number of halogens is 3. The number of thioether (sulfide) groups is 1. The van der Waals surface area contributed by atoms with Crippen LogP contribution in [0.2, 0.25) is 0 Å². The van der Waals surface area contributed by atoms with Gasteiger partial charge in [-0.15, -0.1) is 0 Å². The first kappa shape index (κ1) is 12.2. The average molecular weight is 232 g/mol. The summed E-state index contributed by atoms with van der Waals surface area (Å²) in [5, 5.41) is 1.06. The zero-order valence-electron chi connectivity index (χ0n) is 8.21. The lowest BCUT2D eigenvalue weighted by atomic mass is 10.2. The molecule has 82 valence electrons. The first-order valence-corrected chi connectivity index (χ1v) is 5.39. The summed E-state index contributed by atoms with van der Waals surface area (Å²) in [5.41, 5.74) is 1.13. The third-order valence-electron chi connectivity index (χ3n) is 1.77. The third kappa shape index (κ3) is 4.93. The van der Waals surface area contributed by atoms with E-state index in [0.717, 1.165) is 34.0 Å². The van der Waals surface area contributed by atoms with Crippen LogP contribution in [-0.2, 0) is 6.42 Å². The molecule has 0 aliphatic carbocycles. The third-order valence-corrected chi connectivity index (χ3v) is 2.57. The lowest BCUT2D eigenvalue weighted by molar-refractivity contribution is -0.0796. The molecule has 0 aliphatic heterocycles. The van der Waals surface area contributed by atoms with Crippen molar-refractivity contribution in [2.45, 2.75) is 24.4 Å². The Morgan fingerprint density at radius 3 is 2.67 bits per heavy atom. The average Bonchev–Trinajstić information content (AvgIpc) is 2.16. The molecule has 1 rings (SSSR count). The fourth-order valence-electron chi connectivity index (χ4n) is 1.03. The van der Waals surface area contributed by atoms with Crippen molar-refractivity contribution in [3.05, 3.63) is 41.3 Å². The van der Waals surface area contributed by atoms with E-state index in [2.05, 4.69) is 0 Å². The topological polar surface area (TPSA) is 0 Å². The van der Waals surface area contributed by atoms with Crippen LogP contribution in [0.1, 0.15) is 12.5 Å². The standard InChI is InChI=1S/C11H11F3S/c1-2-9-4-3-5-10(8-9)15-7-6-11(12,13)14/h3-8H,2H2,1H3/b7-6+. The van der Waals surface area contributed by atoms with Crippen LogP contribution in [0.15, 0.2) is 40.6 Å². The van der Waals surface area contributed by atoms with Crippen LogP contribution in [0.25, 0.3) is 0 Å². The van der Waals surface area contributed by atoms with Gasteiger partial charge in [0.2, 0.25) is 0 Å². The van der Waals surface area contributed by atoms with E-state index >= 15 is 0 Å². The van der Waals surface area contributed by atoms with Crippen LogP contribution in [0.4, 0.5) is 13.2 Å². The minimum Gasteiger partial charge on any atom is -0.167 e.